The smallest absolute Gasteiger partial charge is 0.123 e. The van der Waals surface area contributed by atoms with Gasteiger partial charge < -0.3 is 5.73 Å². The molecule has 2 N–H and O–H groups in total. The number of aryl methyl sites for hydroxylation is 2. The van der Waals surface area contributed by atoms with Crippen molar-refractivity contribution in [2.24, 2.45) is 12.8 Å². The van der Waals surface area contributed by atoms with Crippen molar-refractivity contribution < 1.29 is 4.39 Å². The zero-order valence-corrected chi connectivity index (χ0v) is 12.0. The second-order valence-electron chi connectivity index (χ2n) is 5.07. The number of hydrogen-bond acceptors (Lipinski definition) is 2. The Morgan fingerprint density at radius 3 is 2.68 bits per heavy atom. The largest absolute Gasteiger partial charge is 0.321 e. The van der Waals surface area contributed by atoms with Crippen LogP contribution in [0.5, 0.6) is 0 Å². The van der Waals surface area contributed by atoms with Crippen molar-refractivity contribution in [2.75, 3.05) is 0 Å². The van der Waals surface area contributed by atoms with E-state index in [1.807, 2.05) is 27.0 Å². The molecular formula is C14H17ClFN3. The molecule has 5 heteroatoms. The van der Waals surface area contributed by atoms with E-state index in [4.69, 9.17) is 17.3 Å². The van der Waals surface area contributed by atoms with Crippen LogP contribution in [0.3, 0.4) is 0 Å². The van der Waals surface area contributed by atoms with Gasteiger partial charge in [-0.1, -0.05) is 23.7 Å². The van der Waals surface area contributed by atoms with E-state index in [0.717, 1.165) is 17.0 Å². The van der Waals surface area contributed by atoms with Crippen molar-refractivity contribution in [3.05, 3.63) is 52.1 Å². The van der Waals surface area contributed by atoms with Gasteiger partial charge in [0.15, 0.2) is 0 Å². The molecule has 1 atom stereocenters. The maximum absolute atomic E-state index is 13.3. The van der Waals surface area contributed by atoms with E-state index in [9.17, 15) is 4.39 Å². The Labute approximate surface area is 117 Å². The molecule has 0 aliphatic heterocycles. The third-order valence-corrected chi connectivity index (χ3v) is 3.77. The van der Waals surface area contributed by atoms with Crippen molar-refractivity contribution in [2.45, 2.75) is 25.8 Å². The van der Waals surface area contributed by atoms with Gasteiger partial charge in [-0.15, -0.1) is 0 Å². The minimum absolute atomic E-state index is 0.290. The van der Waals surface area contributed by atoms with Crippen LogP contribution in [-0.4, -0.2) is 9.78 Å². The van der Waals surface area contributed by atoms with Gasteiger partial charge in [-0.2, -0.15) is 5.10 Å². The molecule has 0 saturated carbocycles. The molecule has 0 bridgehead atoms. The van der Waals surface area contributed by atoms with E-state index in [1.54, 1.807) is 10.7 Å². The van der Waals surface area contributed by atoms with Gasteiger partial charge in [-0.05, 0) is 31.5 Å². The lowest BCUT2D eigenvalue weighted by molar-refractivity contribution is 0.468. The van der Waals surface area contributed by atoms with Crippen LogP contribution < -0.4 is 5.73 Å². The lowest BCUT2D eigenvalue weighted by Crippen LogP contribution is -2.36. The molecule has 1 unspecified atom stereocenters. The highest BCUT2D eigenvalue weighted by molar-refractivity contribution is 6.31. The van der Waals surface area contributed by atoms with E-state index in [0.29, 0.717) is 11.4 Å². The average Bonchev–Trinajstić information content (AvgIpc) is 2.56. The van der Waals surface area contributed by atoms with Gasteiger partial charge in [0.2, 0.25) is 0 Å². The number of nitrogens with zero attached hydrogens (tertiary/aromatic N) is 2. The van der Waals surface area contributed by atoms with Crippen molar-refractivity contribution in [1.29, 1.82) is 0 Å². The summed E-state index contributed by atoms with van der Waals surface area (Å²) in [6.45, 7) is 3.71. The highest BCUT2D eigenvalue weighted by Gasteiger charge is 2.26. The number of halogens is 2. The minimum Gasteiger partial charge on any atom is -0.321 e. The van der Waals surface area contributed by atoms with Gasteiger partial charge in [0.05, 0.1) is 16.4 Å². The SMILES string of the molecule is Cc1nn(C)c(CC(C)(N)c2cccc(F)c2)c1Cl. The van der Waals surface area contributed by atoms with Crippen molar-refractivity contribution >= 4 is 11.6 Å². The van der Waals surface area contributed by atoms with Crippen LogP contribution in [0.4, 0.5) is 4.39 Å². The highest BCUT2D eigenvalue weighted by Crippen LogP contribution is 2.28. The number of aromatic nitrogens is 2. The summed E-state index contributed by atoms with van der Waals surface area (Å²) in [7, 11) is 1.83. The first-order valence-corrected chi connectivity index (χ1v) is 6.42. The van der Waals surface area contributed by atoms with Gasteiger partial charge in [0, 0.05) is 19.0 Å². The summed E-state index contributed by atoms with van der Waals surface area (Å²) in [5.41, 5.74) is 7.98. The Bertz CT molecular complexity index is 605. The van der Waals surface area contributed by atoms with Crippen LogP contribution in [0.25, 0.3) is 0 Å². The first-order valence-electron chi connectivity index (χ1n) is 6.04. The monoisotopic (exact) mass is 281 g/mol. The van der Waals surface area contributed by atoms with Crippen LogP contribution in [0.15, 0.2) is 24.3 Å². The molecule has 1 heterocycles. The number of hydrogen-bond donors (Lipinski definition) is 1. The quantitative estimate of drug-likeness (QED) is 0.940. The summed E-state index contributed by atoms with van der Waals surface area (Å²) in [5.74, 6) is -0.290. The van der Waals surface area contributed by atoms with Crippen LogP contribution >= 0.6 is 11.6 Å². The zero-order valence-electron chi connectivity index (χ0n) is 11.2. The first kappa shape index (κ1) is 14.0. The van der Waals surface area contributed by atoms with Gasteiger partial charge in [0.25, 0.3) is 0 Å². The summed E-state index contributed by atoms with van der Waals surface area (Å²) < 4.78 is 15.0. The number of benzene rings is 1. The maximum atomic E-state index is 13.3. The summed E-state index contributed by atoms with van der Waals surface area (Å²) in [6.07, 6.45) is 0.493. The van der Waals surface area contributed by atoms with Crippen LogP contribution in [0.1, 0.15) is 23.9 Å². The van der Waals surface area contributed by atoms with Crippen LogP contribution in [0, 0.1) is 12.7 Å². The highest BCUT2D eigenvalue weighted by atomic mass is 35.5. The fourth-order valence-corrected chi connectivity index (χ4v) is 2.39. The molecule has 102 valence electrons. The molecule has 3 nitrogen and oxygen atoms in total. The lowest BCUT2D eigenvalue weighted by Gasteiger charge is -2.25. The summed E-state index contributed by atoms with van der Waals surface area (Å²) in [6, 6.07) is 6.34. The Morgan fingerprint density at radius 1 is 1.47 bits per heavy atom. The second-order valence-corrected chi connectivity index (χ2v) is 5.45. The molecule has 0 spiro atoms. The molecule has 0 amide bonds. The van der Waals surface area contributed by atoms with Gasteiger partial charge in [-0.25, -0.2) is 4.39 Å². The number of nitrogens with two attached hydrogens (primary N) is 1. The summed E-state index contributed by atoms with van der Waals surface area (Å²) >= 11 is 6.23. The fraction of sp³-hybridized carbons (Fsp3) is 0.357. The van der Waals surface area contributed by atoms with Crippen molar-refractivity contribution in [1.82, 2.24) is 9.78 Å². The average molecular weight is 282 g/mol. The van der Waals surface area contributed by atoms with Crippen LogP contribution in [0.2, 0.25) is 5.02 Å². The molecule has 0 aliphatic carbocycles. The van der Waals surface area contributed by atoms with Gasteiger partial charge >= 0.3 is 0 Å². The summed E-state index contributed by atoms with van der Waals surface area (Å²) in [4.78, 5) is 0. The third kappa shape index (κ3) is 2.80. The molecule has 2 aromatic rings. The Kier molecular flexibility index (Phi) is 3.65. The molecule has 1 aromatic carbocycles. The van der Waals surface area contributed by atoms with E-state index in [1.165, 1.54) is 12.1 Å². The number of rotatable bonds is 3. The molecule has 2 rings (SSSR count). The standard InChI is InChI=1S/C14H17ClFN3/c1-9-13(15)12(19(3)18-9)8-14(2,17)10-5-4-6-11(16)7-10/h4-7H,8,17H2,1-3H3. The predicted molar refractivity (Wildman–Crippen MR) is 74.6 cm³/mol. The topological polar surface area (TPSA) is 43.8 Å². The lowest BCUT2D eigenvalue weighted by atomic mass is 9.88. The molecule has 1 aromatic heterocycles. The molecule has 0 saturated heterocycles. The molecule has 0 fully saturated rings. The predicted octanol–water partition coefficient (Wildman–Crippen LogP) is 2.94. The minimum atomic E-state index is -0.702. The Hall–Kier alpha value is -1.39. The maximum Gasteiger partial charge on any atom is 0.123 e. The van der Waals surface area contributed by atoms with E-state index in [-0.39, 0.29) is 5.82 Å². The van der Waals surface area contributed by atoms with Gasteiger partial charge in [-0.3, -0.25) is 4.68 Å². The van der Waals surface area contributed by atoms with Crippen molar-refractivity contribution in [3.63, 3.8) is 0 Å². The van der Waals surface area contributed by atoms with E-state index in [2.05, 4.69) is 5.10 Å². The Morgan fingerprint density at radius 2 is 2.16 bits per heavy atom. The normalized spacial score (nSPS) is 14.4. The molecule has 0 radical (unpaired) electrons. The van der Waals surface area contributed by atoms with E-state index >= 15 is 0 Å². The zero-order chi connectivity index (χ0) is 14.2. The van der Waals surface area contributed by atoms with E-state index < -0.39 is 5.54 Å². The summed E-state index contributed by atoms with van der Waals surface area (Å²) in [5, 5.41) is 4.88. The van der Waals surface area contributed by atoms with Gasteiger partial charge in [0.1, 0.15) is 5.82 Å². The molecule has 19 heavy (non-hydrogen) atoms. The molecular weight excluding hydrogens is 265 g/mol. The first-order chi connectivity index (χ1) is 8.81. The molecule has 0 aliphatic rings. The van der Waals surface area contributed by atoms with Crippen molar-refractivity contribution in [3.8, 4) is 0 Å². The second kappa shape index (κ2) is 4.94. The Balaban J connectivity index is 2.36. The fourth-order valence-electron chi connectivity index (χ4n) is 2.17. The third-order valence-electron chi connectivity index (χ3n) is 3.28. The van der Waals surface area contributed by atoms with Crippen LogP contribution in [-0.2, 0) is 19.0 Å².